The summed E-state index contributed by atoms with van der Waals surface area (Å²) in [4.78, 5) is 23.5. The number of nitrogens with two attached hydrogens (primary N) is 2. The predicted molar refractivity (Wildman–Crippen MR) is 112 cm³/mol. The van der Waals surface area contributed by atoms with Crippen molar-refractivity contribution in [1.82, 2.24) is 9.97 Å². The summed E-state index contributed by atoms with van der Waals surface area (Å²) in [6, 6.07) is 13.6. The minimum Gasteiger partial charge on any atom is -0.383 e. The van der Waals surface area contributed by atoms with Gasteiger partial charge in [-0.05, 0) is 31.2 Å². The Bertz CT molecular complexity index is 1020. The molecule has 7 heteroatoms. The van der Waals surface area contributed by atoms with Crippen LogP contribution in [0.15, 0.2) is 48.7 Å². The molecular formula is C21H24N6O. The van der Waals surface area contributed by atoms with Gasteiger partial charge in [-0.15, -0.1) is 0 Å². The first kappa shape index (κ1) is 18.2. The Balaban J connectivity index is 1.53. The molecule has 28 heavy (non-hydrogen) atoms. The minimum atomic E-state index is -0.325. The van der Waals surface area contributed by atoms with E-state index in [1.807, 2.05) is 42.5 Å². The van der Waals surface area contributed by atoms with E-state index in [-0.39, 0.29) is 22.8 Å². The second-order valence-electron chi connectivity index (χ2n) is 7.59. The summed E-state index contributed by atoms with van der Waals surface area (Å²) >= 11 is 0. The van der Waals surface area contributed by atoms with Crippen molar-refractivity contribution in [2.45, 2.75) is 25.3 Å². The molecule has 3 aromatic rings. The molecule has 1 fully saturated rings. The van der Waals surface area contributed by atoms with Gasteiger partial charge in [-0.1, -0.05) is 36.4 Å². The summed E-state index contributed by atoms with van der Waals surface area (Å²) < 4.78 is 0. The van der Waals surface area contributed by atoms with Crippen molar-refractivity contribution in [3.05, 3.63) is 54.2 Å². The van der Waals surface area contributed by atoms with Gasteiger partial charge in [-0.25, -0.2) is 4.98 Å². The number of nitrogen functional groups attached to an aromatic ring is 1. The summed E-state index contributed by atoms with van der Waals surface area (Å²) in [5.41, 5.74) is 13.1. The molecule has 1 aromatic heterocycles. The van der Waals surface area contributed by atoms with E-state index in [0.29, 0.717) is 5.95 Å². The lowest BCUT2D eigenvalue weighted by molar-refractivity contribution is 0.102. The van der Waals surface area contributed by atoms with Crippen LogP contribution in [0.25, 0.3) is 10.8 Å². The van der Waals surface area contributed by atoms with E-state index in [1.165, 1.54) is 6.20 Å². The number of carbonyl (C=O) groups is 1. The number of anilines is 3. The summed E-state index contributed by atoms with van der Waals surface area (Å²) in [6.07, 6.45) is 3.22. The first-order chi connectivity index (χ1) is 13.4. The van der Waals surface area contributed by atoms with Crippen LogP contribution in [0.1, 0.15) is 30.1 Å². The molecule has 144 valence electrons. The van der Waals surface area contributed by atoms with Crippen molar-refractivity contribution in [3.63, 3.8) is 0 Å². The Morgan fingerprint density at radius 3 is 2.61 bits per heavy atom. The van der Waals surface area contributed by atoms with Crippen LogP contribution in [-0.2, 0) is 0 Å². The van der Waals surface area contributed by atoms with Crippen LogP contribution in [0.4, 0.5) is 17.5 Å². The predicted octanol–water partition coefficient (Wildman–Crippen LogP) is 2.78. The molecule has 2 aromatic carbocycles. The highest BCUT2D eigenvalue weighted by atomic mass is 16.1. The highest BCUT2D eigenvalue weighted by Crippen LogP contribution is 2.25. The number of amides is 1. The number of piperidine rings is 1. The van der Waals surface area contributed by atoms with Crippen LogP contribution in [-0.4, -0.2) is 34.5 Å². The Kier molecular flexibility index (Phi) is 4.60. The molecule has 1 amide bonds. The lowest BCUT2D eigenvalue weighted by Gasteiger charge is -2.36. The molecule has 5 N–H and O–H groups in total. The molecule has 7 nitrogen and oxygen atoms in total. The third kappa shape index (κ3) is 3.61. The molecule has 0 atom stereocenters. The van der Waals surface area contributed by atoms with Gasteiger partial charge >= 0.3 is 0 Å². The fourth-order valence-corrected chi connectivity index (χ4v) is 3.45. The third-order valence-electron chi connectivity index (χ3n) is 5.28. The van der Waals surface area contributed by atoms with Gasteiger partial charge in [-0.2, -0.15) is 4.98 Å². The first-order valence-corrected chi connectivity index (χ1v) is 9.38. The molecule has 0 spiro atoms. The summed E-state index contributed by atoms with van der Waals surface area (Å²) in [6.45, 7) is 3.60. The Labute approximate surface area is 163 Å². The maximum Gasteiger partial charge on any atom is 0.261 e. The highest BCUT2D eigenvalue weighted by molar-refractivity contribution is 6.11. The van der Waals surface area contributed by atoms with Gasteiger partial charge in [-0.3, -0.25) is 4.79 Å². The Morgan fingerprint density at radius 1 is 1.14 bits per heavy atom. The monoisotopic (exact) mass is 376 g/mol. The number of hydrogen-bond donors (Lipinski definition) is 3. The standard InChI is InChI=1S/C21H24N6O/c1-21(23)9-11-27(12-10-21)20-24-13-16(18(22)26-20)19(28)25-17-8-4-6-14-5-2-3-7-15(14)17/h2-8,13H,9-12,23H2,1H3,(H,25,28)(H2,22,24,26). The normalized spacial score (nSPS) is 16.1. The Hall–Kier alpha value is -3.19. The zero-order valence-corrected chi connectivity index (χ0v) is 15.9. The maximum atomic E-state index is 12.8. The van der Waals surface area contributed by atoms with Gasteiger partial charge in [0.05, 0.1) is 0 Å². The Morgan fingerprint density at radius 2 is 1.86 bits per heavy atom. The second-order valence-corrected chi connectivity index (χ2v) is 7.59. The average molecular weight is 376 g/mol. The van der Waals surface area contributed by atoms with Gasteiger partial charge < -0.3 is 21.7 Å². The number of hydrogen-bond acceptors (Lipinski definition) is 6. The van der Waals surface area contributed by atoms with Gasteiger partial charge in [0.25, 0.3) is 5.91 Å². The lowest BCUT2D eigenvalue weighted by atomic mass is 9.91. The number of benzene rings is 2. The van der Waals surface area contributed by atoms with Gasteiger partial charge in [0.1, 0.15) is 11.4 Å². The minimum absolute atomic E-state index is 0.152. The van der Waals surface area contributed by atoms with Crippen molar-refractivity contribution in [2.24, 2.45) is 5.73 Å². The van der Waals surface area contributed by atoms with Crippen LogP contribution >= 0.6 is 0 Å². The number of fused-ring (bicyclic) bond motifs is 1. The molecule has 1 saturated heterocycles. The fourth-order valence-electron chi connectivity index (χ4n) is 3.45. The van der Waals surface area contributed by atoms with Crippen molar-refractivity contribution < 1.29 is 4.79 Å². The lowest BCUT2D eigenvalue weighted by Crippen LogP contribution is -2.48. The van der Waals surface area contributed by atoms with E-state index in [1.54, 1.807) is 0 Å². The van der Waals surface area contributed by atoms with Crippen molar-refractivity contribution >= 4 is 34.1 Å². The molecule has 1 aliphatic heterocycles. The summed E-state index contributed by atoms with van der Waals surface area (Å²) in [5, 5.41) is 4.94. The van der Waals surface area contributed by atoms with Crippen molar-refractivity contribution in [3.8, 4) is 0 Å². The molecule has 0 saturated carbocycles. The van der Waals surface area contributed by atoms with Gasteiger partial charge in [0.15, 0.2) is 0 Å². The smallest absolute Gasteiger partial charge is 0.261 e. The largest absolute Gasteiger partial charge is 0.383 e. The van der Waals surface area contributed by atoms with E-state index in [9.17, 15) is 4.79 Å². The number of carbonyl (C=O) groups excluding carboxylic acids is 1. The maximum absolute atomic E-state index is 12.8. The van der Waals surface area contributed by atoms with Crippen LogP contribution < -0.4 is 21.7 Å². The fraction of sp³-hybridized carbons (Fsp3) is 0.286. The quantitative estimate of drug-likeness (QED) is 0.648. The average Bonchev–Trinajstić information content (AvgIpc) is 2.68. The highest BCUT2D eigenvalue weighted by Gasteiger charge is 2.27. The second kappa shape index (κ2) is 7.09. The SMILES string of the molecule is CC1(N)CCN(c2ncc(C(=O)Nc3cccc4ccccc34)c(N)n2)CC1. The number of rotatable bonds is 3. The van der Waals surface area contributed by atoms with E-state index in [0.717, 1.165) is 42.4 Å². The van der Waals surface area contributed by atoms with E-state index < -0.39 is 0 Å². The molecule has 2 heterocycles. The van der Waals surface area contributed by atoms with Crippen LogP contribution in [0.5, 0.6) is 0 Å². The first-order valence-electron chi connectivity index (χ1n) is 9.38. The summed E-state index contributed by atoms with van der Waals surface area (Å²) in [7, 11) is 0. The third-order valence-corrected chi connectivity index (χ3v) is 5.28. The molecule has 0 radical (unpaired) electrons. The van der Waals surface area contributed by atoms with Gasteiger partial charge in [0, 0.05) is 35.9 Å². The van der Waals surface area contributed by atoms with E-state index in [4.69, 9.17) is 11.5 Å². The number of aromatic nitrogens is 2. The summed E-state index contributed by atoms with van der Waals surface area (Å²) in [5.74, 6) is 0.382. The molecule has 1 aliphatic rings. The number of nitrogens with zero attached hydrogens (tertiary/aromatic N) is 3. The van der Waals surface area contributed by atoms with Crippen LogP contribution in [0.2, 0.25) is 0 Å². The van der Waals surface area contributed by atoms with Crippen molar-refractivity contribution in [1.29, 1.82) is 0 Å². The molecular weight excluding hydrogens is 352 g/mol. The zero-order valence-electron chi connectivity index (χ0n) is 15.9. The number of nitrogens with one attached hydrogen (secondary N) is 1. The van der Waals surface area contributed by atoms with E-state index >= 15 is 0 Å². The molecule has 4 rings (SSSR count). The topological polar surface area (TPSA) is 110 Å². The van der Waals surface area contributed by atoms with Crippen LogP contribution in [0, 0.1) is 0 Å². The van der Waals surface area contributed by atoms with Gasteiger partial charge in [0.2, 0.25) is 5.95 Å². The van der Waals surface area contributed by atoms with E-state index in [2.05, 4.69) is 27.1 Å². The zero-order chi connectivity index (χ0) is 19.7. The molecule has 0 bridgehead atoms. The molecule has 0 unspecified atom stereocenters. The molecule has 0 aliphatic carbocycles. The van der Waals surface area contributed by atoms with Crippen molar-refractivity contribution in [2.75, 3.05) is 29.0 Å². The van der Waals surface area contributed by atoms with Crippen LogP contribution in [0.3, 0.4) is 0 Å².